The average Bonchev–Trinajstić information content (AvgIpc) is 2.95. The molecule has 1 fully saturated rings. The molecule has 2 aliphatic rings. The number of urea groups is 1. The van der Waals surface area contributed by atoms with Gasteiger partial charge in [0.1, 0.15) is 11.5 Å². The first-order chi connectivity index (χ1) is 18.9. The second-order valence-electron chi connectivity index (χ2n) is 9.36. The lowest BCUT2D eigenvalue weighted by molar-refractivity contribution is -0.139. The zero-order valence-corrected chi connectivity index (χ0v) is 22.6. The summed E-state index contributed by atoms with van der Waals surface area (Å²) in [5.74, 6) is 0.912. The standard InChI is InChI=1S/C30H36N4O5/c1-4-15-34-25(21-32-16-18-33(19-17-32)26(35)5-2)27(29(36)38-6-3)28(31-30(34)37)22-11-10-14-24(20-22)39-23-12-8-7-9-13-23/h4,7-14,20,28H,1,5-6,15-19,21H2,2-3H3,(H,31,37). The highest BCUT2D eigenvalue weighted by atomic mass is 16.5. The molecule has 1 atom stereocenters. The van der Waals surface area contributed by atoms with Crippen LogP contribution in [0.3, 0.4) is 0 Å². The number of rotatable bonds is 10. The fourth-order valence-corrected chi connectivity index (χ4v) is 4.87. The van der Waals surface area contributed by atoms with Crippen molar-refractivity contribution in [3.63, 3.8) is 0 Å². The lowest BCUT2D eigenvalue weighted by Gasteiger charge is -2.40. The number of carbonyl (C=O) groups is 3. The molecule has 2 aromatic rings. The van der Waals surface area contributed by atoms with Crippen molar-refractivity contribution in [1.82, 2.24) is 20.0 Å². The predicted molar refractivity (Wildman–Crippen MR) is 148 cm³/mol. The van der Waals surface area contributed by atoms with Gasteiger partial charge in [0, 0.05) is 51.4 Å². The van der Waals surface area contributed by atoms with E-state index in [1.165, 1.54) is 0 Å². The van der Waals surface area contributed by atoms with Crippen molar-refractivity contribution in [1.29, 1.82) is 0 Å². The van der Waals surface area contributed by atoms with E-state index in [0.717, 1.165) is 0 Å². The Labute approximate surface area is 229 Å². The molecule has 4 rings (SSSR count). The Morgan fingerprint density at radius 1 is 1.03 bits per heavy atom. The van der Waals surface area contributed by atoms with Gasteiger partial charge in [0.25, 0.3) is 0 Å². The fourth-order valence-electron chi connectivity index (χ4n) is 4.87. The third kappa shape index (κ3) is 6.67. The van der Waals surface area contributed by atoms with Crippen molar-refractivity contribution < 1.29 is 23.9 Å². The lowest BCUT2D eigenvalue weighted by Crippen LogP contribution is -2.53. The number of ether oxygens (including phenoxy) is 2. The van der Waals surface area contributed by atoms with Crippen LogP contribution in [0.2, 0.25) is 0 Å². The Balaban J connectivity index is 1.70. The topological polar surface area (TPSA) is 91.4 Å². The van der Waals surface area contributed by atoms with Gasteiger partial charge in [-0.2, -0.15) is 0 Å². The van der Waals surface area contributed by atoms with Gasteiger partial charge in [-0.1, -0.05) is 43.3 Å². The molecule has 2 aliphatic heterocycles. The van der Waals surface area contributed by atoms with Gasteiger partial charge in [-0.3, -0.25) is 14.6 Å². The molecule has 1 unspecified atom stereocenters. The average molecular weight is 533 g/mol. The second-order valence-corrected chi connectivity index (χ2v) is 9.36. The van der Waals surface area contributed by atoms with E-state index in [4.69, 9.17) is 9.47 Å². The normalized spacial score (nSPS) is 18.0. The Hall–Kier alpha value is -4.11. The highest BCUT2D eigenvalue weighted by Gasteiger charge is 2.39. The lowest BCUT2D eigenvalue weighted by atomic mass is 9.93. The summed E-state index contributed by atoms with van der Waals surface area (Å²) in [5.41, 5.74) is 1.66. The molecular formula is C30H36N4O5. The van der Waals surface area contributed by atoms with Gasteiger partial charge < -0.3 is 19.7 Å². The maximum atomic E-state index is 13.5. The molecule has 1 N–H and O–H groups in total. The maximum Gasteiger partial charge on any atom is 0.338 e. The molecule has 206 valence electrons. The summed E-state index contributed by atoms with van der Waals surface area (Å²) in [6.45, 7) is 10.7. The van der Waals surface area contributed by atoms with Crippen molar-refractivity contribution in [3.8, 4) is 11.5 Å². The fraction of sp³-hybridized carbons (Fsp3) is 0.367. The monoisotopic (exact) mass is 532 g/mol. The van der Waals surface area contributed by atoms with Gasteiger partial charge >= 0.3 is 12.0 Å². The highest BCUT2D eigenvalue weighted by Crippen LogP contribution is 2.34. The van der Waals surface area contributed by atoms with Gasteiger partial charge in [-0.15, -0.1) is 6.58 Å². The van der Waals surface area contributed by atoms with E-state index >= 15 is 0 Å². The largest absolute Gasteiger partial charge is 0.463 e. The van der Waals surface area contributed by atoms with Crippen LogP contribution in [0.1, 0.15) is 31.9 Å². The molecule has 39 heavy (non-hydrogen) atoms. The summed E-state index contributed by atoms with van der Waals surface area (Å²) in [6, 6.07) is 15.7. The predicted octanol–water partition coefficient (Wildman–Crippen LogP) is 4.10. The summed E-state index contributed by atoms with van der Waals surface area (Å²) in [6.07, 6.45) is 2.11. The molecule has 0 aliphatic carbocycles. The summed E-state index contributed by atoms with van der Waals surface area (Å²) >= 11 is 0. The zero-order chi connectivity index (χ0) is 27.8. The minimum Gasteiger partial charge on any atom is -0.463 e. The van der Waals surface area contributed by atoms with Gasteiger partial charge in [-0.05, 0) is 36.8 Å². The Kier molecular flexibility index (Phi) is 9.38. The minimum atomic E-state index is -0.727. The highest BCUT2D eigenvalue weighted by molar-refractivity contribution is 5.95. The second kappa shape index (κ2) is 13.1. The number of amides is 3. The van der Waals surface area contributed by atoms with E-state index in [-0.39, 0.29) is 25.1 Å². The molecule has 0 bridgehead atoms. The number of nitrogens with one attached hydrogen (secondary N) is 1. The number of hydrogen-bond donors (Lipinski definition) is 1. The van der Waals surface area contributed by atoms with Crippen LogP contribution in [0, 0.1) is 0 Å². The SMILES string of the molecule is C=CCN1C(=O)NC(c2cccc(Oc3ccccc3)c2)C(C(=O)OCC)=C1CN1CCN(C(=O)CC)CC1. The van der Waals surface area contributed by atoms with Crippen LogP contribution in [0.15, 0.2) is 78.5 Å². The van der Waals surface area contributed by atoms with E-state index in [2.05, 4.69) is 16.8 Å². The van der Waals surface area contributed by atoms with Crippen LogP contribution in [-0.4, -0.2) is 78.5 Å². The molecule has 0 aromatic heterocycles. The van der Waals surface area contributed by atoms with Crippen LogP contribution in [-0.2, 0) is 14.3 Å². The van der Waals surface area contributed by atoms with Crippen molar-refractivity contribution in [2.75, 3.05) is 45.9 Å². The third-order valence-electron chi connectivity index (χ3n) is 6.82. The molecule has 9 heteroatoms. The summed E-state index contributed by atoms with van der Waals surface area (Å²) in [4.78, 5) is 44.6. The van der Waals surface area contributed by atoms with E-state index in [1.807, 2.05) is 66.4 Å². The maximum absolute atomic E-state index is 13.5. The number of benzene rings is 2. The summed E-state index contributed by atoms with van der Waals surface area (Å²) < 4.78 is 11.5. The van der Waals surface area contributed by atoms with Gasteiger partial charge in [0.05, 0.1) is 18.2 Å². The Morgan fingerprint density at radius 3 is 2.41 bits per heavy atom. The molecule has 0 radical (unpaired) electrons. The molecule has 3 amide bonds. The van der Waals surface area contributed by atoms with E-state index in [1.54, 1.807) is 17.9 Å². The van der Waals surface area contributed by atoms with Crippen molar-refractivity contribution in [3.05, 3.63) is 84.1 Å². The van der Waals surface area contributed by atoms with Gasteiger partial charge in [0.2, 0.25) is 5.91 Å². The summed E-state index contributed by atoms with van der Waals surface area (Å²) in [5, 5.41) is 3.00. The first kappa shape index (κ1) is 27.9. The van der Waals surface area contributed by atoms with E-state index in [9.17, 15) is 14.4 Å². The van der Waals surface area contributed by atoms with Crippen LogP contribution >= 0.6 is 0 Å². The smallest absolute Gasteiger partial charge is 0.338 e. The van der Waals surface area contributed by atoms with Crippen molar-refractivity contribution in [2.45, 2.75) is 26.3 Å². The molecule has 2 heterocycles. The van der Waals surface area contributed by atoms with Gasteiger partial charge in [-0.25, -0.2) is 9.59 Å². The van der Waals surface area contributed by atoms with Crippen LogP contribution in [0.25, 0.3) is 0 Å². The first-order valence-corrected chi connectivity index (χ1v) is 13.4. The number of hydrogen-bond acceptors (Lipinski definition) is 6. The van der Waals surface area contributed by atoms with Crippen LogP contribution < -0.4 is 10.1 Å². The number of carbonyl (C=O) groups excluding carboxylic acids is 3. The molecular weight excluding hydrogens is 496 g/mol. The Morgan fingerprint density at radius 2 is 1.74 bits per heavy atom. The molecule has 0 spiro atoms. The first-order valence-electron chi connectivity index (χ1n) is 13.4. The quantitative estimate of drug-likeness (QED) is 0.366. The number of esters is 1. The number of nitrogens with zero attached hydrogens (tertiary/aromatic N) is 3. The van der Waals surface area contributed by atoms with Crippen LogP contribution in [0.4, 0.5) is 4.79 Å². The van der Waals surface area contributed by atoms with E-state index in [0.29, 0.717) is 67.5 Å². The van der Waals surface area contributed by atoms with E-state index < -0.39 is 12.0 Å². The molecule has 1 saturated heterocycles. The Bertz CT molecular complexity index is 1220. The number of para-hydroxylation sites is 1. The minimum absolute atomic E-state index is 0.129. The van der Waals surface area contributed by atoms with Crippen LogP contribution in [0.5, 0.6) is 11.5 Å². The molecule has 0 saturated carbocycles. The molecule has 9 nitrogen and oxygen atoms in total. The summed E-state index contributed by atoms with van der Waals surface area (Å²) in [7, 11) is 0. The van der Waals surface area contributed by atoms with Crippen molar-refractivity contribution >= 4 is 17.9 Å². The van der Waals surface area contributed by atoms with Crippen molar-refractivity contribution in [2.24, 2.45) is 0 Å². The third-order valence-corrected chi connectivity index (χ3v) is 6.82. The zero-order valence-electron chi connectivity index (χ0n) is 22.6. The number of piperazine rings is 1. The van der Waals surface area contributed by atoms with Gasteiger partial charge in [0.15, 0.2) is 0 Å². The molecule has 2 aromatic carbocycles.